The molecule has 0 saturated carbocycles. The normalized spacial score (nSPS) is 11.3. The van der Waals surface area contributed by atoms with Gasteiger partial charge in [0.15, 0.2) is 5.83 Å². The number of unbranched alkanes of at least 4 members (excludes halogenated alkanes) is 1. The van der Waals surface area contributed by atoms with Gasteiger partial charge in [0.05, 0.1) is 7.11 Å². The van der Waals surface area contributed by atoms with Crippen LogP contribution in [0.3, 0.4) is 0 Å². The van der Waals surface area contributed by atoms with Crippen LogP contribution in [0.1, 0.15) is 42.9 Å². The van der Waals surface area contributed by atoms with E-state index in [-0.39, 0.29) is 12.0 Å². The van der Waals surface area contributed by atoms with E-state index in [1.807, 2.05) is 31.2 Å². The summed E-state index contributed by atoms with van der Waals surface area (Å²) in [5.74, 6) is 5.34. The lowest BCUT2D eigenvalue weighted by Gasteiger charge is -2.01. The fourth-order valence-electron chi connectivity index (χ4n) is 2.12. The van der Waals surface area contributed by atoms with E-state index in [1.54, 1.807) is 31.4 Å². The van der Waals surface area contributed by atoms with Gasteiger partial charge < -0.3 is 4.74 Å². The van der Waals surface area contributed by atoms with Crippen LogP contribution in [0, 0.1) is 11.8 Å². The van der Waals surface area contributed by atoms with Crippen LogP contribution in [0.15, 0.2) is 54.4 Å². The fourth-order valence-corrected chi connectivity index (χ4v) is 2.12. The molecule has 0 radical (unpaired) electrons. The second-order valence-corrected chi connectivity index (χ2v) is 5.38. The molecule has 0 aliphatic heterocycles. The van der Waals surface area contributed by atoms with Crippen molar-refractivity contribution in [3.05, 3.63) is 71.0 Å². The Hall–Kier alpha value is -2.60. The van der Waals surface area contributed by atoms with Crippen molar-refractivity contribution in [2.45, 2.75) is 26.2 Å². The lowest BCUT2D eigenvalue weighted by Crippen LogP contribution is -1.85. The molecule has 24 heavy (non-hydrogen) atoms. The molecule has 0 unspecified atom stereocenters. The summed E-state index contributed by atoms with van der Waals surface area (Å²) in [6.07, 6.45) is 1.62. The monoisotopic (exact) mass is 326 g/mol. The molecular formula is C21H20F2O. The van der Waals surface area contributed by atoms with Crippen molar-refractivity contribution < 1.29 is 13.5 Å². The Morgan fingerprint density at radius 1 is 0.917 bits per heavy atom. The molecule has 2 rings (SSSR count). The molecule has 0 aliphatic rings. The van der Waals surface area contributed by atoms with Gasteiger partial charge in [-0.15, -0.1) is 0 Å². The summed E-state index contributed by atoms with van der Waals surface area (Å²) in [7, 11) is 1.61. The van der Waals surface area contributed by atoms with Crippen molar-refractivity contribution >= 4 is 5.83 Å². The van der Waals surface area contributed by atoms with Gasteiger partial charge in [-0.25, -0.2) is 8.78 Å². The summed E-state index contributed by atoms with van der Waals surface area (Å²) in [5, 5.41) is 0. The van der Waals surface area contributed by atoms with Crippen molar-refractivity contribution in [3.8, 4) is 17.6 Å². The third-order valence-electron chi connectivity index (χ3n) is 3.57. The van der Waals surface area contributed by atoms with Gasteiger partial charge in [-0.05, 0) is 42.8 Å². The van der Waals surface area contributed by atoms with E-state index in [0.29, 0.717) is 6.42 Å². The van der Waals surface area contributed by atoms with Crippen LogP contribution in [-0.4, -0.2) is 7.11 Å². The number of allylic oxidation sites excluding steroid dienone is 1. The first-order valence-corrected chi connectivity index (χ1v) is 7.94. The second kappa shape index (κ2) is 8.88. The van der Waals surface area contributed by atoms with Crippen LogP contribution in [0.2, 0.25) is 0 Å². The van der Waals surface area contributed by atoms with E-state index in [1.165, 1.54) is 0 Å². The van der Waals surface area contributed by atoms with Crippen LogP contribution in [0.4, 0.5) is 8.78 Å². The van der Waals surface area contributed by atoms with Gasteiger partial charge in [0.2, 0.25) is 0 Å². The highest BCUT2D eigenvalue weighted by Gasteiger charge is 2.08. The van der Waals surface area contributed by atoms with Crippen LogP contribution in [0.25, 0.3) is 5.83 Å². The summed E-state index contributed by atoms with van der Waals surface area (Å²) in [6.45, 7) is 1.95. The molecule has 0 saturated heterocycles. The van der Waals surface area contributed by atoms with Gasteiger partial charge in [0.1, 0.15) is 11.6 Å². The van der Waals surface area contributed by atoms with Crippen LogP contribution < -0.4 is 4.74 Å². The Labute approximate surface area is 142 Å². The van der Waals surface area contributed by atoms with Crippen molar-refractivity contribution in [1.29, 1.82) is 0 Å². The van der Waals surface area contributed by atoms with Crippen LogP contribution in [0.5, 0.6) is 5.75 Å². The largest absolute Gasteiger partial charge is 0.497 e. The summed E-state index contributed by atoms with van der Waals surface area (Å²) in [6, 6.07) is 13.9. The molecule has 0 aromatic heterocycles. The number of hydrogen-bond donors (Lipinski definition) is 0. The highest BCUT2D eigenvalue weighted by molar-refractivity contribution is 5.62. The third-order valence-corrected chi connectivity index (χ3v) is 3.57. The smallest absolute Gasteiger partial charge is 0.161 e. The van der Waals surface area contributed by atoms with Crippen LogP contribution >= 0.6 is 0 Å². The number of ether oxygens (including phenoxy) is 1. The Balaban J connectivity index is 2.11. The fraction of sp³-hybridized carbons (Fsp3) is 0.238. The van der Waals surface area contributed by atoms with E-state index in [2.05, 4.69) is 11.8 Å². The number of rotatable bonds is 5. The number of hydrogen-bond acceptors (Lipinski definition) is 1. The van der Waals surface area contributed by atoms with Gasteiger partial charge in [-0.2, -0.15) is 0 Å². The molecule has 0 bridgehead atoms. The van der Waals surface area contributed by atoms with Gasteiger partial charge in [-0.3, -0.25) is 0 Å². The molecule has 3 heteroatoms. The molecule has 0 amide bonds. The minimum atomic E-state index is -0.780. The molecule has 0 spiro atoms. The Morgan fingerprint density at radius 2 is 1.46 bits per heavy atom. The first-order chi connectivity index (χ1) is 11.6. The topological polar surface area (TPSA) is 9.23 Å². The highest BCUT2D eigenvalue weighted by atomic mass is 19.2. The summed E-state index contributed by atoms with van der Waals surface area (Å²) >= 11 is 0. The average molecular weight is 326 g/mol. The van der Waals surface area contributed by atoms with Crippen molar-refractivity contribution in [1.82, 2.24) is 0 Å². The molecule has 2 aromatic carbocycles. The quantitative estimate of drug-likeness (QED) is 0.622. The summed E-state index contributed by atoms with van der Waals surface area (Å²) in [5.41, 5.74) is 1.85. The molecule has 0 N–H and O–H groups in total. The summed E-state index contributed by atoms with van der Waals surface area (Å²) < 4.78 is 32.7. The standard InChI is InChI=1S/C21H20F2O/c1-3-4-5-20(22)21(23)18-12-8-16(9-13-18)6-7-17-10-14-19(24-2)15-11-17/h8-15H,3-5H2,1-2H3/b21-20+. The first-order valence-electron chi connectivity index (χ1n) is 7.94. The SMILES string of the molecule is CCCC/C(F)=C(\F)c1ccc(C#Cc2ccc(OC)cc2)cc1. The van der Waals surface area contributed by atoms with E-state index in [4.69, 9.17) is 4.74 Å². The molecule has 0 atom stereocenters. The molecule has 0 heterocycles. The highest BCUT2D eigenvalue weighted by Crippen LogP contribution is 2.25. The van der Waals surface area contributed by atoms with E-state index in [9.17, 15) is 8.78 Å². The number of methoxy groups -OCH3 is 1. The molecule has 0 fully saturated rings. The molecule has 124 valence electrons. The second-order valence-electron chi connectivity index (χ2n) is 5.38. The maximum Gasteiger partial charge on any atom is 0.161 e. The minimum Gasteiger partial charge on any atom is -0.497 e. The van der Waals surface area contributed by atoms with Crippen molar-refractivity contribution in [3.63, 3.8) is 0 Å². The lowest BCUT2D eigenvalue weighted by atomic mass is 10.1. The van der Waals surface area contributed by atoms with E-state index in [0.717, 1.165) is 23.3 Å². The van der Waals surface area contributed by atoms with Gasteiger partial charge in [0, 0.05) is 23.1 Å². The Bertz CT molecular complexity index is 747. The zero-order valence-electron chi connectivity index (χ0n) is 13.9. The number of halogens is 2. The van der Waals surface area contributed by atoms with Crippen molar-refractivity contribution in [2.24, 2.45) is 0 Å². The number of benzene rings is 2. The zero-order valence-corrected chi connectivity index (χ0v) is 13.9. The van der Waals surface area contributed by atoms with Gasteiger partial charge >= 0.3 is 0 Å². The predicted octanol–water partition coefficient (Wildman–Crippen LogP) is 5.89. The third kappa shape index (κ3) is 4.96. The minimum absolute atomic E-state index is 0.140. The van der Waals surface area contributed by atoms with Crippen molar-refractivity contribution in [2.75, 3.05) is 7.11 Å². The maximum absolute atomic E-state index is 14.0. The van der Waals surface area contributed by atoms with Crippen LogP contribution in [-0.2, 0) is 0 Å². The molecule has 2 aromatic rings. The Kier molecular flexibility index (Phi) is 6.57. The zero-order chi connectivity index (χ0) is 17.4. The molecule has 0 aliphatic carbocycles. The molecule has 1 nitrogen and oxygen atoms in total. The molecular weight excluding hydrogens is 306 g/mol. The maximum atomic E-state index is 14.0. The van der Waals surface area contributed by atoms with Gasteiger partial charge in [0.25, 0.3) is 0 Å². The Morgan fingerprint density at radius 3 is 1.96 bits per heavy atom. The van der Waals surface area contributed by atoms with Gasteiger partial charge in [-0.1, -0.05) is 37.3 Å². The summed E-state index contributed by atoms with van der Waals surface area (Å²) in [4.78, 5) is 0. The van der Waals surface area contributed by atoms with E-state index >= 15 is 0 Å². The predicted molar refractivity (Wildman–Crippen MR) is 94.1 cm³/mol. The lowest BCUT2D eigenvalue weighted by molar-refractivity contribution is 0.415. The average Bonchev–Trinajstić information content (AvgIpc) is 2.64. The van der Waals surface area contributed by atoms with E-state index < -0.39 is 11.7 Å². The first kappa shape index (κ1) is 17.7.